The Bertz CT molecular complexity index is 348. The number of hydrogen-bond donors (Lipinski definition) is 1. The van der Waals surface area contributed by atoms with Crippen molar-refractivity contribution in [1.82, 2.24) is 4.90 Å². The van der Waals surface area contributed by atoms with Gasteiger partial charge in [0.25, 0.3) is 5.91 Å². The monoisotopic (exact) mass is 273 g/mol. The van der Waals surface area contributed by atoms with Crippen molar-refractivity contribution < 1.29 is 28.9 Å². The summed E-state index contributed by atoms with van der Waals surface area (Å²) in [5.74, 6) is -1.19. The number of likely N-dealkylation sites (tertiary alicyclic amines) is 1. The average molecular weight is 273 g/mol. The van der Waals surface area contributed by atoms with Crippen LogP contribution in [0.25, 0.3) is 0 Å². The van der Waals surface area contributed by atoms with Crippen LogP contribution >= 0.6 is 0 Å². The lowest BCUT2D eigenvalue weighted by molar-refractivity contribution is -0.154. The normalized spacial score (nSPS) is 34.7. The fourth-order valence-corrected chi connectivity index (χ4v) is 2.58. The van der Waals surface area contributed by atoms with E-state index in [2.05, 4.69) is 0 Å². The first-order valence-electron chi connectivity index (χ1n) is 6.29. The van der Waals surface area contributed by atoms with Gasteiger partial charge in [0, 0.05) is 27.3 Å². The van der Waals surface area contributed by atoms with E-state index in [4.69, 9.17) is 19.3 Å². The first-order valence-corrected chi connectivity index (χ1v) is 6.29. The van der Waals surface area contributed by atoms with Gasteiger partial charge in [0.05, 0.1) is 0 Å². The molecule has 0 aromatic carbocycles. The molecule has 0 spiro atoms. The first-order chi connectivity index (χ1) is 9.06. The van der Waals surface area contributed by atoms with E-state index in [1.807, 2.05) is 0 Å². The average Bonchev–Trinajstić information content (AvgIpc) is 3.04. The third-order valence-corrected chi connectivity index (χ3v) is 3.70. The van der Waals surface area contributed by atoms with Gasteiger partial charge < -0.3 is 24.2 Å². The lowest BCUT2D eigenvalue weighted by Gasteiger charge is -2.20. The maximum atomic E-state index is 12.2. The van der Waals surface area contributed by atoms with Gasteiger partial charge in [-0.2, -0.15) is 0 Å². The summed E-state index contributed by atoms with van der Waals surface area (Å²) in [7, 11) is 3.16. The van der Waals surface area contributed by atoms with E-state index < -0.39 is 18.2 Å². The van der Waals surface area contributed by atoms with E-state index in [1.165, 1.54) is 0 Å². The maximum Gasteiger partial charge on any atom is 0.332 e. The second-order valence-electron chi connectivity index (χ2n) is 4.82. The Morgan fingerprint density at radius 1 is 1.11 bits per heavy atom. The van der Waals surface area contributed by atoms with Crippen molar-refractivity contribution in [2.24, 2.45) is 0 Å². The van der Waals surface area contributed by atoms with Crippen LogP contribution in [0.15, 0.2) is 0 Å². The maximum absolute atomic E-state index is 12.2. The second kappa shape index (κ2) is 5.85. The summed E-state index contributed by atoms with van der Waals surface area (Å²) in [5, 5.41) is 8.85. The van der Waals surface area contributed by atoms with Gasteiger partial charge in [-0.05, 0) is 12.8 Å². The van der Waals surface area contributed by atoms with Crippen molar-refractivity contribution in [2.45, 2.75) is 37.3 Å². The number of carbonyl (C=O) groups excluding carboxylic acids is 1. The number of methoxy groups -OCH3 is 2. The summed E-state index contributed by atoms with van der Waals surface area (Å²) in [4.78, 5) is 24.7. The number of nitrogens with zero attached hydrogens (tertiary/aromatic N) is 1. The molecule has 7 heteroatoms. The predicted octanol–water partition coefficient (Wildman–Crippen LogP) is -0.509. The van der Waals surface area contributed by atoms with Gasteiger partial charge in [-0.1, -0.05) is 0 Å². The number of hydrogen-bond acceptors (Lipinski definition) is 5. The molecule has 0 saturated carbocycles. The molecule has 0 aliphatic carbocycles. The predicted molar refractivity (Wildman–Crippen MR) is 63.7 cm³/mol. The molecule has 0 aromatic heterocycles. The number of amides is 1. The van der Waals surface area contributed by atoms with Crippen molar-refractivity contribution >= 4 is 11.9 Å². The quantitative estimate of drug-likeness (QED) is 0.742. The Morgan fingerprint density at radius 2 is 1.63 bits per heavy atom. The standard InChI is InChI=1S/C12H19NO6/c1-17-9-5-13(6-10(9)18-2)11(14)7-3-4-8(19-7)12(15)16/h7-10H,3-6H2,1-2H3,(H,15,16). The minimum atomic E-state index is -1.01. The zero-order valence-corrected chi connectivity index (χ0v) is 11.1. The molecule has 2 fully saturated rings. The fraction of sp³-hybridized carbons (Fsp3) is 0.833. The van der Waals surface area contributed by atoms with Crippen LogP contribution in [0.4, 0.5) is 0 Å². The number of carbonyl (C=O) groups is 2. The smallest absolute Gasteiger partial charge is 0.332 e. The molecule has 0 aromatic rings. The van der Waals surface area contributed by atoms with Gasteiger partial charge in [-0.25, -0.2) is 4.79 Å². The third kappa shape index (κ3) is 2.88. The molecule has 4 unspecified atom stereocenters. The van der Waals surface area contributed by atoms with E-state index in [0.717, 1.165) is 0 Å². The van der Waals surface area contributed by atoms with Crippen molar-refractivity contribution in [2.75, 3.05) is 27.3 Å². The molecule has 2 heterocycles. The molecule has 1 amide bonds. The topological polar surface area (TPSA) is 85.3 Å². The van der Waals surface area contributed by atoms with Gasteiger partial charge in [-0.3, -0.25) is 4.79 Å². The van der Waals surface area contributed by atoms with Crippen molar-refractivity contribution in [3.8, 4) is 0 Å². The fourth-order valence-electron chi connectivity index (χ4n) is 2.58. The molecular formula is C12H19NO6. The number of ether oxygens (including phenoxy) is 3. The molecule has 2 saturated heterocycles. The largest absolute Gasteiger partial charge is 0.479 e. The lowest BCUT2D eigenvalue weighted by atomic mass is 10.2. The Hall–Kier alpha value is -1.18. The van der Waals surface area contributed by atoms with Crippen LogP contribution < -0.4 is 0 Å². The first kappa shape index (κ1) is 14.2. The van der Waals surface area contributed by atoms with Crippen molar-refractivity contribution in [1.29, 1.82) is 0 Å². The van der Waals surface area contributed by atoms with Gasteiger partial charge in [0.2, 0.25) is 0 Å². The Labute approximate surface area is 111 Å². The summed E-state index contributed by atoms with van der Waals surface area (Å²) >= 11 is 0. The number of carboxylic acids is 1. The molecule has 2 aliphatic rings. The zero-order valence-electron chi connectivity index (χ0n) is 11.1. The molecule has 0 radical (unpaired) electrons. The molecule has 4 atom stereocenters. The molecule has 108 valence electrons. The van der Waals surface area contributed by atoms with E-state index >= 15 is 0 Å². The highest BCUT2D eigenvalue weighted by atomic mass is 16.5. The van der Waals surface area contributed by atoms with E-state index in [1.54, 1.807) is 19.1 Å². The molecule has 0 bridgehead atoms. The SMILES string of the molecule is COC1CN(C(=O)C2CCC(C(=O)O)O2)CC1OC. The molecule has 19 heavy (non-hydrogen) atoms. The highest BCUT2D eigenvalue weighted by Crippen LogP contribution is 2.24. The van der Waals surface area contributed by atoms with Gasteiger partial charge in [0.15, 0.2) is 6.10 Å². The summed E-state index contributed by atoms with van der Waals surface area (Å²) < 4.78 is 15.8. The van der Waals surface area contributed by atoms with Crippen LogP contribution in [0.1, 0.15) is 12.8 Å². The Kier molecular flexibility index (Phi) is 4.38. The molecule has 2 aliphatic heterocycles. The van der Waals surface area contributed by atoms with Gasteiger partial charge >= 0.3 is 5.97 Å². The molecular weight excluding hydrogens is 254 g/mol. The van der Waals surface area contributed by atoms with Crippen LogP contribution in [0.5, 0.6) is 0 Å². The van der Waals surface area contributed by atoms with Crippen LogP contribution in [0.3, 0.4) is 0 Å². The minimum absolute atomic E-state index is 0.148. The summed E-state index contributed by atoms with van der Waals surface area (Å²) in [5.41, 5.74) is 0. The van der Waals surface area contributed by atoms with Gasteiger partial charge in [-0.15, -0.1) is 0 Å². The Morgan fingerprint density at radius 3 is 2.05 bits per heavy atom. The summed E-state index contributed by atoms with van der Waals surface area (Å²) in [6.45, 7) is 0.900. The van der Waals surface area contributed by atoms with Crippen LogP contribution in [-0.4, -0.2) is 73.6 Å². The lowest BCUT2D eigenvalue weighted by Crippen LogP contribution is -2.39. The zero-order chi connectivity index (χ0) is 14.0. The van der Waals surface area contributed by atoms with Crippen molar-refractivity contribution in [3.63, 3.8) is 0 Å². The van der Waals surface area contributed by atoms with E-state index in [9.17, 15) is 9.59 Å². The summed E-state index contributed by atoms with van der Waals surface area (Å²) in [6.07, 6.45) is -0.999. The highest BCUT2D eigenvalue weighted by Gasteiger charge is 2.41. The highest BCUT2D eigenvalue weighted by molar-refractivity contribution is 5.83. The summed E-state index contributed by atoms with van der Waals surface area (Å²) in [6, 6.07) is 0. The van der Waals surface area contributed by atoms with Crippen LogP contribution in [-0.2, 0) is 23.8 Å². The molecule has 7 nitrogen and oxygen atoms in total. The molecule has 1 N–H and O–H groups in total. The Balaban J connectivity index is 1.93. The number of carboxylic acid groups (broad SMARTS) is 1. The van der Waals surface area contributed by atoms with Crippen LogP contribution in [0.2, 0.25) is 0 Å². The van der Waals surface area contributed by atoms with E-state index in [-0.39, 0.29) is 18.1 Å². The second-order valence-corrected chi connectivity index (χ2v) is 4.82. The minimum Gasteiger partial charge on any atom is -0.479 e. The van der Waals surface area contributed by atoms with Gasteiger partial charge in [0.1, 0.15) is 18.3 Å². The van der Waals surface area contributed by atoms with Crippen molar-refractivity contribution in [3.05, 3.63) is 0 Å². The number of rotatable bonds is 4. The molecule has 2 rings (SSSR count). The van der Waals surface area contributed by atoms with E-state index in [0.29, 0.717) is 25.9 Å². The van der Waals surface area contributed by atoms with Crippen LogP contribution in [0, 0.1) is 0 Å². The third-order valence-electron chi connectivity index (χ3n) is 3.70. The number of aliphatic carboxylic acids is 1.